The van der Waals surface area contributed by atoms with E-state index in [1.807, 2.05) is 31.3 Å². The van der Waals surface area contributed by atoms with Crippen molar-refractivity contribution >= 4 is 17.0 Å². The summed E-state index contributed by atoms with van der Waals surface area (Å²) in [5.74, 6) is 8.99. The molecule has 0 radical (unpaired) electrons. The van der Waals surface area contributed by atoms with Crippen LogP contribution in [0.25, 0.3) is 28.1 Å². The number of aliphatic hydroxyl groups is 3. The van der Waals surface area contributed by atoms with E-state index in [1.54, 1.807) is 6.07 Å². The molecule has 2 bridgehead atoms. The Morgan fingerprint density at radius 1 is 0.828 bits per heavy atom. The summed E-state index contributed by atoms with van der Waals surface area (Å²) in [7, 11) is 0. The highest BCUT2D eigenvalue weighted by Gasteiger charge is 2.55. The van der Waals surface area contributed by atoms with E-state index >= 15 is 0 Å². The lowest BCUT2D eigenvalue weighted by Gasteiger charge is -2.50. The topological polar surface area (TPSA) is 202 Å². The Bertz CT molecular complexity index is 3540. The third-order valence-corrected chi connectivity index (χ3v) is 20.4. The highest BCUT2D eigenvalue weighted by Crippen LogP contribution is 2.62. The number of rotatable bonds is 20. The van der Waals surface area contributed by atoms with Gasteiger partial charge >= 0.3 is 0 Å². The Balaban J connectivity index is 0.973. The van der Waals surface area contributed by atoms with E-state index in [1.165, 1.54) is 55.2 Å². The molecule has 14 nitrogen and oxygen atoms in total. The molecule has 460 valence electrons. The lowest BCUT2D eigenvalue weighted by atomic mass is 9.62. The van der Waals surface area contributed by atoms with Crippen molar-refractivity contribution in [2.75, 3.05) is 46.2 Å². The average Bonchev–Trinajstić information content (AvgIpc) is 0.944. The van der Waals surface area contributed by atoms with Gasteiger partial charge in [-0.15, -0.1) is 0 Å². The van der Waals surface area contributed by atoms with Crippen LogP contribution in [-0.2, 0) is 30.4 Å². The highest BCUT2D eigenvalue weighted by atomic mass is 16.6. The zero-order valence-electron chi connectivity index (χ0n) is 51.0. The SMILES string of the molecule is CC(C)C[C@@](C)(O)CNCN[C@H]1C#CC[C@@H](CO)Oc2cc(ccc2O)[C@H]2Oc3c(c4c(c5c3CC[C@@H](CO)O5)-c3ccc(O)c5c3[C@H](C4)[C@@H](c3ccc4[nH]ccc4c3)C(CNCCCc3ccccc3)=C5)C[C@]12OCN[C@@H]1CCCC2(CCCC2)C1. The number of aliphatic hydroxyl groups excluding tert-OH is 2. The molecular weight excluding hydrogens is 1090 g/mol. The van der Waals surface area contributed by atoms with Gasteiger partial charge in [-0.1, -0.05) is 93.5 Å². The number of hydrogen-bond donors (Lipinski definition) is 10. The van der Waals surface area contributed by atoms with Gasteiger partial charge in [-0.25, -0.2) is 0 Å². The van der Waals surface area contributed by atoms with Crippen LogP contribution in [0.5, 0.6) is 28.7 Å². The summed E-state index contributed by atoms with van der Waals surface area (Å²) in [5.41, 5.74) is 10.4. The van der Waals surface area contributed by atoms with Crippen LogP contribution in [0.15, 0.2) is 96.7 Å². The number of benzene rings is 5. The van der Waals surface area contributed by atoms with Crippen molar-refractivity contribution in [3.8, 4) is 51.7 Å². The summed E-state index contributed by atoms with van der Waals surface area (Å²) in [6.07, 6.45) is 16.7. The van der Waals surface area contributed by atoms with Gasteiger partial charge in [-0.05, 0) is 188 Å². The second-order valence-corrected chi connectivity index (χ2v) is 27.1. The number of H-pyrrole nitrogens is 1. The van der Waals surface area contributed by atoms with E-state index in [4.69, 9.17) is 18.9 Å². The van der Waals surface area contributed by atoms with Crippen LogP contribution < -0.4 is 35.5 Å². The maximum Gasteiger partial charge on any atom is 0.161 e. The number of aromatic hydroxyl groups is 2. The summed E-state index contributed by atoms with van der Waals surface area (Å²) < 4.78 is 29.2. The van der Waals surface area contributed by atoms with Gasteiger partial charge in [-0.2, -0.15) is 0 Å². The molecule has 4 heterocycles. The maximum absolute atomic E-state index is 12.2. The van der Waals surface area contributed by atoms with Gasteiger partial charge in [0.2, 0.25) is 0 Å². The van der Waals surface area contributed by atoms with Gasteiger partial charge in [0.25, 0.3) is 0 Å². The lowest BCUT2D eigenvalue weighted by Crippen LogP contribution is -2.62. The van der Waals surface area contributed by atoms with Crippen molar-refractivity contribution in [1.82, 2.24) is 26.3 Å². The normalized spacial score (nSPS) is 25.6. The van der Waals surface area contributed by atoms with Crippen LogP contribution in [0.1, 0.15) is 160 Å². The number of phenolic OH excluding ortho intramolecular Hbond substituents is 2. The van der Waals surface area contributed by atoms with Gasteiger partial charge in [0.15, 0.2) is 17.6 Å². The Morgan fingerprint density at radius 2 is 1.64 bits per heavy atom. The maximum atomic E-state index is 12.2. The molecule has 2 fully saturated rings. The summed E-state index contributed by atoms with van der Waals surface area (Å²) >= 11 is 0. The second-order valence-electron chi connectivity index (χ2n) is 27.1. The van der Waals surface area contributed by atoms with Crippen molar-refractivity contribution in [3.63, 3.8) is 0 Å². The molecule has 4 aliphatic carbocycles. The van der Waals surface area contributed by atoms with E-state index in [9.17, 15) is 25.5 Å². The zero-order chi connectivity index (χ0) is 59.9. The largest absolute Gasteiger partial charge is 0.507 e. The second kappa shape index (κ2) is 25.2. The zero-order valence-corrected chi connectivity index (χ0v) is 51.0. The molecular formula is C73H89N5O9. The molecule has 0 amide bonds. The molecule has 1 aromatic heterocycles. The molecule has 14 heteroatoms. The van der Waals surface area contributed by atoms with Crippen LogP contribution in [0, 0.1) is 23.2 Å². The summed E-state index contributed by atoms with van der Waals surface area (Å²) in [6, 6.07) is 28.4. The number of aromatic amines is 1. The molecule has 6 aromatic rings. The first-order chi connectivity index (χ1) is 42.3. The monoisotopic (exact) mass is 1180 g/mol. The van der Waals surface area contributed by atoms with Gasteiger partial charge in [0.1, 0.15) is 41.1 Å². The Morgan fingerprint density at radius 3 is 2.47 bits per heavy atom. The average molecular weight is 1180 g/mol. The van der Waals surface area contributed by atoms with E-state index in [2.05, 4.69) is 119 Å². The first-order valence-corrected chi connectivity index (χ1v) is 32.5. The predicted molar refractivity (Wildman–Crippen MR) is 340 cm³/mol. The van der Waals surface area contributed by atoms with Crippen LogP contribution >= 0.6 is 0 Å². The van der Waals surface area contributed by atoms with Crippen molar-refractivity contribution in [2.24, 2.45) is 11.3 Å². The number of ether oxygens (including phenoxy) is 4. The summed E-state index contributed by atoms with van der Waals surface area (Å²) in [5, 5.41) is 73.3. The molecule has 87 heavy (non-hydrogen) atoms. The summed E-state index contributed by atoms with van der Waals surface area (Å²) in [4.78, 5) is 3.43. The third kappa shape index (κ3) is 12.0. The molecule has 0 unspecified atom stereocenters. The number of hydrogen-bond acceptors (Lipinski definition) is 13. The van der Waals surface area contributed by atoms with Crippen molar-refractivity contribution in [2.45, 2.75) is 177 Å². The van der Waals surface area contributed by atoms with Crippen LogP contribution in [0.2, 0.25) is 0 Å². The third-order valence-electron chi connectivity index (χ3n) is 20.4. The molecule has 13 rings (SSSR count). The Labute approximate surface area is 512 Å². The van der Waals surface area contributed by atoms with Crippen molar-refractivity contribution in [1.29, 1.82) is 0 Å². The quantitative estimate of drug-likeness (QED) is 0.0197. The van der Waals surface area contributed by atoms with E-state index in [0.717, 1.165) is 87.8 Å². The van der Waals surface area contributed by atoms with Gasteiger partial charge in [0, 0.05) is 78.5 Å². The van der Waals surface area contributed by atoms with Gasteiger partial charge in [-0.3, -0.25) is 10.6 Å². The number of fused-ring (bicyclic) bond motifs is 12. The summed E-state index contributed by atoms with van der Waals surface area (Å²) in [6.45, 7) is 7.92. The van der Waals surface area contributed by atoms with Crippen LogP contribution in [0.4, 0.5) is 0 Å². The standard InChI is InChI=1S/C73H89N5O9/c1-45(2)36-71(3,83)42-75-43-77-64-17-9-16-52(40-79)85-63-34-49(19-24-62(63)82)70-73(64,84-44-78-51-15-10-29-72(37-51)27-7-8-28-72)38-59-56-35-58-65(48-18-23-60-47(32-48)26-31-76-60)50(39-74-30-11-14-46-12-5-4-6-13-46)33-57-61(81)25-22-54(66(57)58)67(56)69-55(68(59)87-70)21-20-53(41-80)86-69/h4-6,12-13,18-19,22-26,31-34,45,51-53,58,64-65,70,74-83H,7-8,10-11,14-16,20-21,27-30,35-44H2,1-3H3/t51-,52+,53+,58-,64+,65+,70-,71-,73+/m1/s1. The van der Waals surface area contributed by atoms with E-state index in [0.29, 0.717) is 67.8 Å². The van der Waals surface area contributed by atoms with Crippen LogP contribution in [-0.4, -0.2) is 112 Å². The Kier molecular flexibility index (Phi) is 17.3. The molecule has 0 saturated heterocycles. The smallest absolute Gasteiger partial charge is 0.161 e. The number of nitrogens with one attached hydrogen (secondary N) is 5. The van der Waals surface area contributed by atoms with E-state index < -0.39 is 35.6 Å². The van der Waals surface area contributed by atoms with Gasteiger partial charge in [0.05, 0.1) is 25.5 Å². The fourth-order valence-corrected chi connectivity index (χ4v) is 16.5. The minimum atomic E-state index is -1.28. The van der Waals surface area contributed by atoms with Crippen molar-refractivity contribution in [3.05, 3.63) is 141 Å². The van der Waals surface area contributed by atoms with Crippen LogP contribution in [0.3, 0.4) is 0 Å². The molecule has 3 aliphatic heterocycles. The molecule has 2 saturated carbocycles. The molecule has 9 atom stereocenters. The number of aryl methyl sites for hydroxylation is 1. The molecule has 1 spiro atoms. The fourth-order valence-electron chi connectivity index (χ4n) is 16.5. The highest BCUT2D eigenvalue weighted by molar-refractivity contribution is 5.90. The Hall–Kier alpha value is -6.38. The minimum absolute atomic E-state index is 0.0632. The first kappa shape index (κ1) is 59.6. The lowest BCUT2D eigenvalue weighted by molar-refractivity contribution is -0.144. The number of phenols is 2. The molecule has 5 aromatic carbocycles. The molecule has 10 N–H and O–H groups in total. The molecule has 7 aliphatic rings. The van der Waals surface area contributed by atoms with E-state index in [-0.39, 0.29) is 68.2 Å². The minimum Gasteiger partial charge on any atom is -0.507 e. The number of aromatic nitrogens is 1. The predicted octanol–water partition coefficient (Wildman–Crippen LogP) is 10.9. The van der Waals surface area contributed by atoms with Crippen molar-refractivity contribution < 1.29 is 44.5 Å². The van der Waals surface area contributed by atoms with Gasteiger partial charge < -0.3 is 60.1 Å². The first-order valence-electron chi connectivity index (χ1n) is 32.5. The fraction of sp³-hybridized carbons (Fsp3) is 0.507.